The van der Waals surface area contributed by atoms with Gasteiger partial charge in [-0.2, -0.15) is 0 Å². The topological polar surface area (TPSA) is 93.5 Å². The fourth-order valence-electron chi connectivity index (χ4n) is 2.89. The van der Waals surface area contributed by atoms with Crippen LogP contribution in [0, 0.1) is 13.8 Å². The third-order valence-electron chi connectivity index (χ3n) is 4.51. The van der Waals surface area contributed by atoms with Crippen molar-refractivity contribution in [2.45, 2.75) is 20.5 Å². The van der Waals surface area contributed by atoms with Gasteiger partial charge in [-0.25, -0.2) is 4.98 Å². The molecule has 2 heterocycles. The number of carbonyl (C=O) groups is 2. The summed E-state index contributed by atoms with van der Waals surface area (Å²) in [5, 5.41) is 3.12. The molecule has 0 atom stereocenters. The molecule has 2 aromatic carbocycles. The highest BCUT2D eigenvalue weighted by Gasteiger charge is 2.19. The molecular formula is C22H19N3O4S. The van der Waals surface area contributed by atoms with Crippen molar-refractivity contribution in [3.8, 4) is 5.75 Å². The number of amides is 2. The molecule has 0 aliphatic rings. The van der Waals surface area contributed by atoms with E-state index in [2.05, 4.69) is 15.8 Å². The van der Waals surface area contributed by atoms with Gasteiger partial charge in [0.05, 0.1) is 0 Å². The number of aryl methyl sites for hydroxylation is 2. The minimum atomic E-state index is -0.532. The van der Waals surface area contributed by atoms with Gasteiger partial charge in [0.1, 0.15) is 28.6 Å². The lowest BCUT2D eigenvalue weighted by molar-refractivity contribution is 0.0829. The summed E-state index contributed by atoms with van der Waals surface area (Å²) in [6, 6.07) is 15.0. The average Bonchev–Trinajstić information content (AvgIpc) is 3.37. The molecule has 0 radical (unpaired) electrons. The summed E-state index contributed by atoms with van der Waals surface area (Å²) in [5.74, 6) is -0.164. The number of nitrogens with one attached hydrogen (secondary N) is 2. The van der Waals surface area contributed by atoms with E-state index in [1.54, 1.807) is 18.4 Å². The molecule has 0 spiro atoms. The van der Waals surface area contributed by atoms with Gasteiger partial charge in [-0.15, -0.1) is 11.3 Å². The molecular weight excluding hydrogens is 402 g/mol. The molecule has 4 rings (SSSR count). The molecule has 0 fully saturated rings. The van der Waals surface area contributed by atoms with E-state index in [1.807, 2.05) is 49.4 Å². The molecule has 2 N–H and O–H groups in total. The Morgan fingerprint density at radius 3 is 2.53 bits per heavy atom. The Balaban J connectivity index is 1.34. The number of benzene rings is 2. The van der Waals surface area contributed by atoms with Crippen molar-refractivity contribution in [1.82, 2.24) is 15.8 Å². The Labute approximate surface area is 176 Å². The number of carbonyl (C=O) groups excluding carboxylic acids is 2. The number of rotatable bonds is 5. The molecule has 30 heavy (non-hydrogen) atoms. The second-order valence-electron chi connectivity index (χ2n) is 6.69. The number of nitrogens with zero attached hydrogens (tertiary/aromatic N) is 1. The number of thiazole rings is 1. The van der Waals surface area contributed by atoms with Crippen molar-refractivity contribution in [2.24, 2.45) is 0 Å². The third-order valence-corrected chi connectivity index (χ3v) is 5.33. The van der Waals surface area contributed by atoms with E-state index in [-0.39, 0.29) is 18.1 Å². The van der Waals surface area contributed by atoms with Gasteiger partial charge in [0, 0.05) is 16.3 Å². The molecule has 2 aromatic heterocycles. The van der Waals surface area contributed by atoms with E-state index in [9.17, 15) is 9.59 Å². The maximum atomic E-state index is 12.4. The number of fused-ring (bicyclic) bond motifs is 1. The number of aromatic nitrogens is 1. The maximum absolute atomic E-state index is 12.4. The lowest BCUT2D eigenvalue weighted by Crippen LogP contribution is -2.41. The highest BCUT2D eigenvalue weighted by atomic mass is 32.1. The highest BCUT2D eigenvalue weighted by Crippen LogP contribution is 2.24. The first-order valence-corrected chi connectivity index (χ1v) is 10.1. The molecule has 8 heteroatoms. The predicted octanol–water partition coefficient (Wildman–Crippen LogP) is 4.16. The lowest BCUT2D eigenvalue weighted by atomic mass is 10.1. The Morgan fingerprint density at radius 1 is 1.03 bits per heavy atom. The Kier molecular flexibility index (Phi) is 5.49. The van der Waals surface area contributed by atoms with Crippen LogP contribution >= 0.6 is 11.3 Å². The van der Waals surface area contributed by atoms with Gasteiger partial charge < -0.3 is 9.15 Å². The Morgan fingerprint density at radius 2 is 1.77 bits per heavy atom. The second kappa shape index (κ2) is 8.38. The zero-order valence-electron chi connectivity index (χ0n) is 16.4. The van der Waals surface area contributed by atoms with Crippen LogP contribution in [0.2, 0.25) is 0 Å². The van der Waals surface area contributed by atoms with Crippen LogP contribution in [-0.2, 0) is 6.61 Å². The summed E-state index contributed by atoms with van der Waals surface area (Å²) in [6.07, 6.45) is 0. The fraction of sp³-hybridized carbons (Fsp3) is 0.136. The van der Waals surface area contributed by atoms with Crippen molar-refractivity contribution < 1.29 is 18.7 Å². The quantitative estimate of drug-likeness (QED) is 0.472. The largest absolute Gasteiger partial charge is 0.486 e. The summed E-state index contributed by atoms with van der Waals surface area (Å²) >= 11 is 1.31. The van der Waals surface area contributed by atoms with Crippen LogP contribution in [-0.4, -0.2) is 16.8 Å². The Bertz CT molecular complexity index is 1210. The second-order valence-corrected chi connectivity index (χ2v) is 7.63. The standard InChI is InChI=1S/C22H19N3O4S/c1-13-7-9-15(10-8-13)28-11-19-23-17(12-30-19)21(26)24-25-22(27)20-14(2)16-5-3-4-6-18(16)29-20/h3-10,12H,11H2,1-2H3,(H,24,26)(H,25,27). The number of hydrogen-bond donors (Lipinski definition) is 2. The van der Waals surface area contributed by atoms with Gasteiger partial charge in [-0.1, -0.05) is 35.9 Å². The van der Waals surface area contributed by atoms with Crippen molar-refractivity contribution in [2.75, 3.05) is 0 Å². The maximum Gasteiger partial charge on any atom is 0.305 e. The fourth-order valence-corrected chi connectivity index (χ4v) is 3.57. The van der Waals surface area contributed by atoms with E-state index in [1.165, 1.54) is 11.3 Å². The van der Waals surface area contributed by atoms with E-state index in [4.69, 9.17) is 9.15 Å². The summed E-state index contributed by atoms with van der Waals surface area (Å²) in [6.45, 7) is 4.05. The van der Waals surface area contributed by atoms with E-state index >= 15 is 0 Å². The smallest absolute Gasteiger partial charge is 0.305 e. The molecule has 0 bridgehead atoms. The molecule has 7 nitrogen and oxygen atoms in total. The summed E-state index contributed by atoms with van der Waals surface area (Å²) in [7, 11) is 0. The minimum absolute atomic E-state index is 0.155. The summed E-state index contributed by atoms with van der Waals surface area (Å²) in [5.41, 5.74) is 7.41. The average molecular weight is 421 g/mol. The van der Waals surface area contributed by atoms with Crippen molar-refractivity contribution >= 4 is 34.1 Å². The molecule has 2 amide bonds. The van der Waals surface area contributed by atoms with Gasteiger partial charge >= 0.3 is 5.91 Å². The zero-order valence-corrected chi connectivity index (χ0v) is 17.2. The molecule has 0 aliphatic heterocycles. The Hall–Kier alpha value is -3.65. The number of furan rings is 1. The van der Waals surface area contributed by atoms with Crippen molar-refractivity contribution in [3.63, 3.8) is 0 Å². The van der Waals surface area contributed by atoms with Gasteiger partial charge in [0.25, 0.3) is 5.91 Å². The van der Waals surface area contributed by atoms with Crippen molar-refractivity contribution in [1.29, 1.82) is 0 Å². The monoisotopic (exact) mass is 421 g/mol. The van der Waals surface area contributed by atoms with Gasteiger partial charge in [0.15, 0.2) is 5.76 Å². The van der Waals surface area contributed by atoms with Crippen LogP contribution in [0.3, 0.4) is 0 Å². The highest BCUT2D eigenvalue weighted by molar-refractivity contribution is 7.09. The first-order chi connectivity index (χ1) is 14.5. The first kappa shape index (κ1) is 19.7. The van der Waals surface area contributed by atoms with E-state index < -0.39 is 11.8 Å². The van der Waals surface area contributed by atoms with E-state index in [0.717, 1.165) is 16.7 Å². The first-order valence-electron chi connectivity index (χ1n) is 9.24. The van der Waals surface area contributed by atoms with Gasteiger partial charge in [-0.3, -0.25) is 20.4 Å². The van der Waals surface area contributed by atoms with Gasteiger partial charge in [0.2, 0.25) is 0 Å². The van der Waals surface area contributed by atoms with Crippen LogP contribution in [0.1, 0.15) is 37.2 Å². The molecule has 4 aromatic rings. The molecule has 0 saturated carbocycles. The van der Waals surface area contributed by atoms with Gasteiger partial charge in [-0.05, 0) is 32.0 Å². The number of ether oxygens (including phenoxy) is 1. The third kappa shape index (κ3) is 4.18. The van der Waals surface area contributed by atoms with E-state index in [0.29, 0.717) is 16.2 Å². The summed E-state index contributed by atoms with van der Waals surface area (Å²) < 4.78 is 11.3. The van der Waals surface area contributed by atoms with Crippen LogP contribution < -0.4 is 15.6 Å². The number of para-hydroxylation sites is 1. The zero-order chi connectivity index (χ0) is 21.1. The summed E-state index contributed by atoms with van der Waals surface area (Å²) in [4.78, 5) is 29.0. The number of hydrazine groups is 1. The van der Waals surface area contributed by atoms with Crippen molar-refractivity contribution in [3.05, 3.63) is 81.5 Å². The SMILES string of the molecule is Cc1ccc(OCc2nc(C(=O)NNC(=O)c3oc4ccccc4c3C)cs2)cc1. The van der Waals surface area contributed by atoms with Crippen LogP contribution in [0.4, 0.5) is 0 Å². The lowest BCUT2D eigenvalue weighted by Gasteiger charge is -2.05. The molecule has 0 unspecified atom stereocenters. The number of hydrogen-bond acceptors (Lipinski definition) is 6. The van der Waals surface area contributed by atoms with Crippen LogP contribution in [0.25, 0.3) is 11.0 Å². The normalized spacial score (nSPS) is 10.7. The molecule has 0 saturated heterocycles. The predicted molar refractivity (Wildman–Crippen MR) is 114 cm³/mol. The molecule has 152 valence electrons. The minimum Gasteiger partial charge on any atom is -0.486 e. The van der Waals surface area contributed by atoms with Crippen LogP contribution in [0.15, 0.2) is 58.3 Å². The van der Waals surface area contributed by atoms with Crippen LogP contribution in [0.5, 0.6) is 5.75 Å². The molecule has 0 aliphatic carbocycles.